The molecule has 0 saturated carbocycles. The molecular formula is C22H24N4O2S. The third kappa shape index (κ3) is 4.31. The van der Waals surface area contributed by atoms with E-state index >= 15 is 0 Å². The zero-order valence-corrected chi connectivity index (χ0v) is 17.4. The number of anilines is 1. The van der Waals surface area contributed by atoms with E-state index in [0.717, 1.165) is 45.7 Å². The van der Waals surface area contributed by atoms with Gasteiger partial charge < -0.3 is 5.32 Å². The maximum absolute atomic E-state index is 12.5. The molecule has 0 unspecified atom stereocenters. The van der Waals surface area contributed by atoms with Gasteiger partial charge in [-0.1, -0.05) is 24.3 Å². The SMILES string of the molecule is Cc1cccc(NC(=O)NC(=O)CN2CCC[C@@H]2c2nc3ccccc3s2)c1C. The van der Waals surface area contributed by atoms with Crippen molar-refractivity contribution in [2.75, 3.05) is 18.4 Å². The number of aromatic nitrogens is 1. The van der Waals surface area contributed by atoms with Crippen LogP contribution >= 0.6 is 11.3 Å². The van der Waals surface area contributed by atoms with Crippen LogP contribution in [0.1, 0.15) is 35.0 Å². The van der Waals surface area contributed by atoms with Crippen LogP contribution in [0.4, 0.5) is 10.5 Å². The Morgan fingerprint density at radius 1 is 1.17 bits per heavy atom. The first kappa shape index (κ1) is 19.5. The number of benzene rings is 2. The van der Waals surface area contributed by atoms with Crippen LogP contribution in [0.15, 0.2) is 42.5 Å². The van der Waals surface area contributed by atoms with Crippen molar-refractivity contribution in [2.45, 2.75) is 32.7 Å². The van der Waals surface area contributed by atoms with Gasteiger partial charge in [-0.2, -0.15) is 0 Å². The van der Waals surface area contributed by atoms with Crippen molar-refractivity contribution in [1.29, 1.82) is 0 Å². The lowest BCUT2D eigenvalue weighted by atomic mass is 10.1. The van der Waals surface area contributed by atoms with Crippen LogP contribution in [-0.4, -0.2) is 34.9 Å². The Bertz CT molecular complexity index is 1030. The molecule has 150 valence electrons. The van der Waals surface area contributed by atoms with E-state index in [1.807, 2.05) is 50.2 Å². The number of para-hydroxylation sites is 1. The lowest BCUT2D eigenvalue weighted by Crippen LogP contribution is -2.41. The lowest BCUT2D eigenvalue weighted by Gasteiger charge is -2.21. The van der Waals surface area contributed by atoms with Crippen LogP contribution in [0.25, 0.3) is 10.2 Å². The van der Waals surface area contributed by atoms with Gasteiger partial charge in [0.25, 0.3) is 0 Å². The number of amides is 3. The maximum Gasteiger partial charge on any atom is 0.325 e. The molecule has 1 aliphatic rings. The van der Waals surface area contributed by atoms with E-state index in [0.29, 0.717) is 5.69 Å². The summed E-state index contributed by atoms with van der Waals surface area (Å²) in [5.74, 6) is -0.305. The molecule has 1 atom stereocenters. The van der Waals surface area contributed by atoms with Crippen LogP contribution in [-0.2, 0) is 4.79 Å². The minimum atomic E-state index is -0.501. The Morgan fingerprint density at radius 2 is 2.00 bits per heavy atom. The molecule has 0 aliphatic carbocycles. The molecule has 3 aromatic rings. The number of hydrogen-bond acceptors (Lipinski definition) is 5. The van der Waals surface area contributed by atoms with Crippen LogP contribution in [0.2, 0.25) is 0 Å². The number of hydrogen-bond donors (Lipinski definition) is 2. The lowest BCUT2D eigenvalue weighted by molar-refractivity contribution is -0.121. The molecule has 2 N–H and O–H groups in total. The van der Waals surface area contributed by atoms with Crippen LogP contribution in [0, 0.1) is 13.8 Å². The van der Waals surface area contributed by atoms with Crippen molar-refractivity contribution in [3.63, 3.8) is 0 Å². The van der Waals surface area contributed by atoms with Crippen LogP contribution in [0.3, 0.4) is 0 Å². The van der Waals surface area contributed by atoms with Crippen LogP contribution in [0.5, 0.6) is 0 Å². The highest BCUT2D eigenvalue weighted by Crippen LogP contribution is 2.36. The Kier molecular flexibility index (Phi) is 5.60. The maximum atomic E-state index is 12.5. The summed E-state index contributed by atoms with van der Waals surface area (Å²) in [7, 11) is 0. The van der Waals surface area contributed by atoms with E-state index in [1.54, 1.807) is 11.3 Å². The number of carbonyl (C=O) groups excluding carboxylic acids is 2. The molecule has 2 aromatic carbocycles. The summed E-state index contributed by atoms with van der Waals surface area (Å²) in [6, 6.07) is 13.4. The highest BCUT2D eigenvalue weighted by molar-refractivity contribution is 7.18. The summed E-state index contributed by atoms with van der Waals surface area (Å²) in [4.78, 5) is 31.6. The Morgan fingerprint density at radius 3 is 2.83 bits per heavy atom. The summed E-state index contributed by atoms with van der Waals surface area (Å²) in [5.41, 5.74) is 3.79. The molecule has 1 aliphatic heterocycles. The van der Waals surface area contributed by atoms with Gasteiger partial charge in [0.15, 0.2) is 0 Å². The minimum Gasteiger partial charge on any atom is -0.307 e. The van der Waals surface area contributed by atoms with Gasteiger partial charge in [-0.15, -0.1) is 11.3 Å². The number of fused-ring (bicyclic) bond motifs is 1. The quantitative estimate of drug-likeness (QED) is 0.671. The molecule has 0 radical (unpaired) electrons. The summed E-state index contributed by atoms with van der Waals surface area (Å²) >= 11 is 1.68. The molecule has 0 spiro atoms. The van der Waals surface area contributed by atoms with Gasteiger partial charge >= 0.3 is 6.03 Å². The standard InChI is InChI=1S/C22H24N4O2S/c1-14-7-5-9-16(15(14)2)24-22(28)25-20(27)13-26-12-6-10-18(26)21-23-17-8-3-4-11-19(17)29-21/h3-5,7-9,11,18H,6,10,12-13H2,1-2H3,(H2,24,25,27,28)/t18-/m1/s1. The first-order valence-corrected chi connectivity index (χ1v) is 10.6. The van der Waals surface area contributed by atoms with Crippen molar-refractivity contribution in [3.8, 4) is 0 Å². The largest absolute Gasteiger partial charge is 0.325 e. The smallest absolute Gasteiger partial charge is 0.307 e. The molecule has 6 nitrogen and oxygen atoms in total. The molecule has 1 aromatic heterocycles. The summed E-state index contributed by atoms with van der Waals surface area (Å²) in [5, 5.41) is 6.26. The van der Waals surface area contributed by atoms with Gasteiger partial charge in [-0.05, 0) is 62.6 Å². The molecule has 1 fully saturated rings. The van der Waals surface area contributed by atoms with E-state index in [2.05, 4.69) is 21.6 Å². The van der Waals surface area contributed by atoms with E-state index in [9.17, 15) is 9.59 Å². The summed E-state index contributed by atoms with van der Waals surface area (Å²) in [6.07, 6.45) is 1.99. The number of likely N-dealkylation sites (tertiary alicyclic amines) is 1. The number of carbonyl (C=O) groups is 2. The molecule has 1 saturated heterocycles. The third-order valence-corrected chi connectivity index (χ3v) is 6.55. The predicted molar refractivity (Wildman–Crippen MR) is 116 cm³/mol. The van der Waals surface area contributed by atoms with Crippen LogP contribution < -0.4 is 10.6 Å². The van der Waals surface area contributed by atoms with Crippen molar-refractivity contribution in [3.05, 3.63) is 58.6 Å². The average Bonchev–Trinajstić information content (AvgIpc) is 3.31. The predicted octanol–water partition coefficient (Wildman–Crippen LogP) is 4.40. The monoisotopic (exact) mass is 408 g/mol. The molecular weight excluding hydrogens is 384 g/mol. The molecule has 4 rings (SSSR count). The van der Waals surface area contributed by atoms with E-state index in [4.69, 9.17) is 4.98 Å². The van der Waals surface area contributed by atoms with Gasteiger partial charge in [0, 0.05) is 5.69 Å². The Labute approximate surface area is 173 Å². The molecule has 7 heteroatoms. The molecule has 0 bridgehead atoms. The third-order valence-electron chi connectivity index (χ3n) is 5.41. The second-order valence-electron chi connectivity index (χ2n) is 7.40. The normalized spacial score (nSPS) is 16.8. The van der Waals surface area contributed by atoms with Gasteiger partial charge in [0.05, 0.1) is 22.8 Å². The first-order chi connectivity index (χ1) is 14.0. The number of nitrogens with one attached hydrogen (secondary N) is 2. The molecule has 3 amide bonds. The molecule has 29 heavy (non-hydrogen) atoms. The first-order valence-electron chi connectivity index (χ1n) is 9.78. The number of urea groups is 1. The fourth-order valence-electron chi connectivity index (χ4n) is 3.72. The highest BCUT2D eigenvalue weighted by Gasteiger charge is 2.30. The summed E-state index contributed by atoms with van der Waals surface area (Å²) in [6.45, 7) is 4.94. The van der Waals surface area contributed by atoms with Crippen molar-refractivity contribution >= 4 is 39.2 Å². The number of aryl methyl sites for hydroxylation is 1. The fraction of sp³-hybridized carbons (Fsp3) is 0.318. The average molecular weight is 409 g/mol. The number of imide groups is 1. The van der Waals surface area contributed by atoms with Gasteiger partial charge in [0.2, 0.25) is 5.91 Å². The van der Waals surface area contributed by atoms with Crippen molar-refractivity contribution in [2.24, 2.45) is 0 Å². The van der Waals surface area contributed by atoms with Gasteiger partial charge in [-0.3, -0.25) is 15.0 Å². The number of nitrogens with zero attached hydrogens (tertiary/aromatic N) is 2. The van der Waals surface area contributed by atoms with Gasteiger partial charge in [0.1, 0.15) is 5.01 Å². The second-order valence-corrected chi connectivity index (χ2v) is 8.46. The fourth-order valence-corrected chi connectivity index (χ4v) is 4.86. The van der Waals surface area contributed by atoms with E-state index in [-0.39, 0.29) is 18.5 Å². The zero-order valence-electron chi connectivity index (χ0n) is 16.6. The topological polar surface area (TPSA) is 74.3 Å². The second kappa shape index (κ2) is 8.31. The van der Waals surface area contributed by atoms with Crippen molar-refractivity contribution < 1.29 is 9.59 Å². The molecule has 2 heterocycles. The van der Waals surface area contributed by atoms with Crippen molar-refractivity contribution in [1.82, 2.24) is 15.2 Å². The minimum absolute atomic E-state index is 0.125. The van der Waals surface area contributed by atoms with Gasteiger partial charge in [-0.25, -0.2) is 9.78 Å². The number of thiazole rings is 1. The van der Waals surface area contributed by atoms with E-state index in [1.165, 1.54) is 0 Å². The number of rotatable bonds is 4. The Hall–Kier alpha value is -2.77. The summed E-state index contributed by atoms with van der Waals surface area (Å²) < 4.78 is 1.16. The zero-order chi connectivity index (χ0) is 20.4. The highest BCUT2D eigenvalue weighted by atomic mass is 32.1. The Balaban J connectivity index is 1.38. The van der Waals surface area contributed by atoms with E-state index < -0.39 is 6.03 Å².